The number of methoxy groups -OCH3 is 1. The van der Waals surface area contributed by atoms with Crippen molar-refractivity contribution in [3.05, 3.63) is 56.4 Å². The molecule has 13 nitrogen and oxygen atoms in total. The zero-order valence-electron chi connectivity index (χ0n) is 22.2. The molecule has 1 heterocycles. The van der Waals surface area contributed by atoms with Crippen LogP contribution in [-0.4, -0.2) is 93.9 Å². The van der Waals surface area contributed by atoms with Crippen LogP contribution >= 0.6 is 15.9 Å². The van der Waals surface area contributed by atoms with Gasteiger partial charge in [0, 0.05) is 39.2 Å². The minimum Gasteiger partial charge on any atom is -0.382 e. The van der Waals surface area contributed by atoms with Crippen molar-refractivity contribution in [2.75, 3.05) is 67.5 Å². The van der Waals surface area contributed by atoms with E-state index in [1.807, 2.05) is 25.6 Å². The largest absolute Gasteiger partial charge is 0.382 e. The monoisotopic (exact) mass is 564 g/mol. The van der Waals surface area contributed by atoms with Crippen molar-refractivity contribution in [3.8, 4) is 0 Å². The Morgan fingerprint density at radius 1 is 1.22 bits per heavy atom. The third-order valence-corrected chi connectivity index (χ3v) is 8.07. The number of ether oxygens (including phenoxy) is 3. The van der Waals surface area contributed by atoms with Gasteiger partial charge in [0.1, 0.15) is 12.7 Å². The van der Waals surface area contributed by atoms with E-state index in [9.17, 15) is 14.2 Å². The van der Waals surface area contributed by atoms with Crippen LogP contribution in [0.4, 0.5) is 0 Å². The quantitative estimate of drug-likeness (QED) is 0.152. The maximum atomic E-state index is 12.5. The molecule has 1 N–H and O–H groups in total. The van der Waals surface area contributed by atoms with Crippen LogP contribution in [0.2, 0.25) is 0 Å². The summed E-state index contributed by atoms with van der Waals surface area (Å²) in [5, 5.41) is 0. The predicted molar refractivity (Wildman–Crippen MR) is 141 cm³/mol. The molecule has 0 aromatic carbocycles. The molecular formula is C22H38N4O9P2. The summed E-state index contributed by atoms with van der Waals surface area (Å²) in [6, 6.07) is 1.29. The van der Waals surface area contributed by atoms with E-state index in [1.54, 1.807) is 0 Å². The highest BCUT2D eigenvalue weighted by Crippen LogP contribution is 2.45. The summed E-state index contributed by atoms with van der Waals surface area (Å²) in [4.78, 5) is 29.5. The molecule has 0 bridgehead atoms. The molecule has 15 heteroatoms. The van der Waals surface area contributed by atoms with Gasteiger partial charge in [-0.15, -0.1) is 0 Å². The highest BCUT2D eigenvalue weighted by molar-refractivity contribution is 7.61. The summed E-state index contributed by atoms with van der Waals surface area (Å²) < 4.78 is 49.2. The van der Waals surface area contributed by atoms with E-state index in [0.717, 1.165) is 0 Å². The first-order valence-corrected chi connectivity index (χ1v) is 14.8. The molecule has 0 spiro atoms. The Hall–Kier alpha value is -1.71. The van der Waals surface area contributed by atoms with Crippen LogP contribution in [0.15, 0.2) is 33.7 Å². The van der Waals surface area contributed by atoms with Gasteiger partial charge in [-0.3, -0.25) is 18.9 Å². The first kappa shape index (κ1) is 33.3. The van der Waals surface area contributed by atoms with Gasteiger partial charge >= 0.3 is 5.69 Å². The zero-order valence-corrected chi connectivity index (χ0v) is 24.0. The van der Waals surface area contributed by atoms with Crippen LogP contribution in [-0.2, 0) is 32.3 Å². The van der Waals surface area contributed by atoms with Crippen LogP contribution in [0.3, 0.4) is 0 Å². The highest BCUT2D eigenvalue weighted by Gasteiger charge is 2.25. The number of nitrogens with zero attached hydrogens (tertiary/aromatic N) is 3. The van der Waals surface area contributed by atoms with Crippen molar-refractivity contribution in [1.29, 1.82) is 0 Å². The lowest BCUT2D eigenvalue weighted by atomic mass is 10.3. The lowest BCUT2D eigenvalue weighted by Gasteiger charge is -2.30. The van der Waals surface area contributed by atoms with Crippen molar-refractivity contribution in [2.24, 2.45) is 0 Å². The number of rotatable bonds is 19. The Morgan fingerprint density at radius 2 is 1.95 bits per heavy atom. The van der Waals surface area contributed by atoms with Crippen LogP contribution in [0.5, 0.6) is 0 Å². The standard InChI is InChI=1S/C22H38N4O9P2/c1-18(2)25(4)36(33-12-10-23-3)34-16-19(9-15-37(7,29)31-6)35-21(17-32-14-13-30-5)26-11-8-20(27)24-22(26)28/h8-9,11,15,18-19,21H,10,12-14,16-17H2,1-2,4-7H3,(H,24,27,28)/b15-9+/t19-,21-,36?,37?/m1/s1. The number of nitrogens with one attached hydrogen (secondary N) is 1. The van der Waals surface area contributed by atoms with E-state index in [1.165, 1.54) is 49.6 Å². The summed E-state index contributed by atoms with van der Waals surface area (Å²) in [6.07, 6.45) is 1.06. The number of hydrogen-bond acceptors (Lipinski definition) is 10. The van der Waals surface area contributed by atoms with Gasteiger partial charge in [0.05, 0.1) is 26.4 Å². The van der Waals surface area contributed by atoms with E-state index in [0.29, 0.717) is 6.61 Å². The number of aromatic amines is 1. The van der Waals surface area contributed by atoms with Gasteiger partial charge in [0.25, 0.3) is 14.1 Å². The number of aromatic nitrogens is 2. The predicted octanol–water partition coefficient (Wildman–Crippen LogP) is 2.67. The molecule has 1 rings (SSSR count). The van der Waals surface area contributed by atoms with Gasteiger partial charge < -0.3 is 32.6 Å². The summed E-state index contributed by atoms with van der Waals surface area (Å²) in [7, 11) is 0.135. The molecule has 37 heavy (non-hydrogen) atoms. The van der Waals surface area contributed by atoms with Crippen LogP contribution < -0.4 is 11.2 Å². The molecule has 210 valence electrons. The molecule has 0 amide bonds. The molecule has 0 saturated carbocycles. The maximum absolute atomic E-state index is 12.5. The van der Waals surface area contributed by atoms with Crippen molar-refractivity contribution < 1.29 is 32.3 Å². The zero-order chi connectivity index (χ0) is 27.8. The second-order valence-electron chi connectivity index (χ2n) is 8.06. The van der Waals surface area contributed by atoms with Gasteiger partial charge in [-0.05, 0) is 32.8 Å². The van der Waals surface area contributed by atoms with Gasteiger partial charge in [0.2, 0.25) is 13.9 Å². The van der Waals surface area contributed by atoms with E-state index in [-0.39, 0.29) is 39.0 Å². The minimum absolute atomic E-state index is 0.0341. The van der Waals surface area contributed by atoms with Crippen molar-refractivity contribution in [1.82, 2.24) is 14.2 Å². The van der Waals surface area contributed by atoms with E-state index < -0.39 is 39.5 Å². The molecule has 2 unspecified atom stereocenters. The van der Waals surface area contributed by atoms with E-state index >= 15 is 0 Å². The van der Waals surface area contributed by atoms with E-state index in [4.69, 9.17) is 34.4 Å². The lowest BCUT2D eigenvalue weighted by Crippen LogP contribution is -2.37. The topological polar surface area (TPSA) is 135 Å². The Bertz CT molecular complexity index is 1020. The molecule has 4 atom stereocenters. The molecule has 1 aromatic rings. The fourth-order valence-electron chi connectivity index (χ4n) is 2.53. The number of H-pyrrole nitrogens is 1. The fraction of sp³-hybridized carbons (Fsp3) is 0.682. The second-order valence-corrected chi connectivity index (χ2v) is 12.2. The average Bonchev–Trinajstić information content (AvgIpc) is 2.85. The smallest absolute Gasteiger partial charge is 0.330 e. The highest BCUT2D eigenvalue weighted by atomic mass is 31.2. The summed E-state index contributed by atoms with van der Waals surface area (Å²) in [5.74, 6) is 1.40. The SMILES string of the molecule is [C-]#[N+]CCOP(OC[C@@H](/C=C/P(C)(=O)OC)O[C@H](COCCOC)n1ccc(=O)[nH]c1=O)N(C)C(C)C. The van der Waals surface area contributed by atoms with Gasteiger partial charge in [-0.1, -0.05) is 0 Å². The molecule has 0 fully saturated rings. The van der Waals surface area contributed by atoms with Crippen molar-refractivity contribution in [2.45, 2.75) is 32.2 Å². The molecule has 0 aliphatic heterocycles. The normalized spacial score (nSPS) is 16.1. The van der Waals surface area contributed by atoms with Crippen LogP contribution in [0.25, 0.3) is 4.85 Å². The molecule has 0 radical (unpaired) electrons. The fourth-order valence-corrected chi connectivity index (χ4v) is 4.49. The molecule has 0 aliphatic carbocycles. The number of hydrogen-bond donors (Lipinski definition) is 1. The Labute approximate surface area is 218 Å². The van der Waals surface area contributed by atoms with Crippen molar-refractivity contribution in [3.63, 3.8) is 0 Å². The third kappa shape index (κ3) is 13.1. The summed E-state index contributed by atoms with van der Waals surface area (Å²) in [5.41, 5.74) is -1.23. The maximum Gasteiger partial charge on any atom is 0.330 e. The molecular weight excluding hydrogens is 526 g/mol. The molecule has 0 saturated heterocycles. The molecule has 1 aromatic heterocycles. The third-order valence-electron chi connectivity index (χ3n) is 4.88. The van der Waals surface area contributed by atoms with Crippen molar-refractivity contribution >= 4 is 15.9 Å². The molecule has 0 aliphatic rings. The van der Waals surface area contributed by atoms with Gasteiger partial charge in [0.15, 0.2) is 6.23 Å². The summed E-state index contributed by atoms with van der Waals surface area (Å²) in [6.45, 7) is 13.3. The Kier molecular flexibility index (Phi) is 16.0. The minimum atomic E-state index is -3.04. The first-order chi connectivity index (χ1) is 17.5. The Balaban J connectivity index is 3.22. The lowest BCUT2D eigenvalue weighted by molar-refractivity contribution is -0.0967. The van der Waals surface area contributed by atoms with Crippen LogP contribution in [0.1, 0.15) is 20.1 Å². The van der Waals surface area contributed by atoms with Gasteiger partial charge in [-0.2, -0.15) is 0 Å². The average molecular weight is 565 g/mol. The summed E-state index contributed by atoms with van der Waals surface area (Å²) >= 11 is 0. The van der Waals surface area contributed by atoms with Gasteiger partial charge in [-0.25, -0.2) is 16.0 Å². The van der Waals surface area contributed by atoms with Crippen LogP contribution in [0, 0.1) is 6.57 Å². The second kappa shape index (κ2) is 17.7. The Morgan fingerprint density at radius 3 is 2.54 bits per heavy atom. The first-order valence-electron chi connectivity index (χ1n) is 11.5. The van der Waals surface area contributed by atoms with E-state index in [2.05, 4.69) is 9.83 Å².